The molecule has 1 heterocycles. The second kappa shape index (κ2) is 7.18. The molecule has 5 heteroatoms. The van der Waals surface area contributed by atoms with Crippen LogP contribution in [0.25, 0.3) is 0 Å². The number of amides is 2. The second-order valence-corrected chi connectivity index (χ2v) is 7.07. The molecule has 1 aliphatic rings. The van der Waals surface area contributed by atoms with E-state index in [0.717, 1.165) is 15.7 Å². The summed E-state index contributed by atoms with van der Waals surface area (Å²) in [5.41, 5.74) is 3.02. The predicted octanol–water partition coefficient (Wildman–Crippen LogP) is 3.74. The van der Waals surface area contributed by atoms with Gasteiger partial charge in [-0.25, -0.2) is 0 Å². The summed E-state index contributed by atoms with van der Waals surface area (Å²) in [5, 5.41) is 2.88. The number of carbonyl (C=O) groups excluding carboxylic acids is 2. The highest BCUT2D eigenvalue weighted by molar-refractivity contribution is 9.10. The third-order valence-electron chi connectivity index (χ3n) is 4.19. The lowest BCUT2D eigenvalue weighted by Crippen LogP contribution is -2.28. The van der Waals surface area contributed by atoms with Crippen molar-refractivity contribution in [1.82, 2.24) is 4.90 Å². The van der Waals surface area contributed by atoms with Crippen molar-refractivity contribution in [3.05, 3.63) is 64.1 Å². The van der Waals surface area contributed by atoms with E-state index in [1.807, 2.05) is 55.5 Å². The van der Waals surface area contributed by atoms with Gasteiger partial charge in [-0.2, -0.15) is 0 Å². The largest absolute Gasteiger partial charge is 0.338 e. The van der Waals surface area contributed by atoms with Crippen molar-refractivity contribution in [3.63, 3.8) is 0 Å². The number of carbonyl (C=O) groups is 2. The van der Waals surface area contributed by atoms with Crippen molar-refractivity contribution < 1.29 is 9.59 Å². The van der Waals surface area contributed by atoms with Crippen LogP contribution in [0.5, 0.6) is 0 Å². The lowest BCUT2D eigenvalue weighted by Gasteiger charge is -2.17. The first-order valence-electron chi connectivity index (χ1n) is 7.91. The topological polar surface area (TPSA) is 49.4 Å². The van der Waals surface area contributed by atoms with Crippen LogP contribution in [-0.4, -0.2) is 23.3 Å². The minimum Gasteiger partial charge on any atom is -0.338 e. The highest BCUT2D eigenvalue weighted by atomic mass is 79.9. The van der Waals surface area contributed by atoms with E-state index in [1.54, 1.807) is 4.90 Å². The number of nitrogens with one attached hydrogen (secondary N) is 1. The fourth-order valence-corrected chi connectivity index (χ4v) is 3.06. The molecular formula is C19H19BrN2O2. The van der Waals surface area contributed by atoms with Crippen LogP contribution in [0.2, 0.25) is 0 Å². The zero-order valence-corrected chi connectivity index (χ0v) is 15.0. The number of hydrogen-bond donors (Lipinski definition) is 1. The molecule has 1 fully saturated rings. The van der Waals surface area contributed by atoms with Gasteiger partial charge in [0.1, 0.15) is 0 Å². The van der Waals surface area contributed by atoms with Crippen LogP contribution in [0.4, 0.5) is 5.69 Å². The maximum Gasteiger partial charge on any atom is 0.229 e. The van der Waals surface area contributed by atoms with E-state index in [4.69, 9.17) is 0 Å². The third-order valence-corrected chi connectivity index (χ3v) is 4.72. The van der Waals surface area contributed by atoms with Crippen LogP contribution in [0.3, 0.4) is 0 Å². The van der Waals surface area contributed by atoms with Crippen LogP contribution >= 0.6 is 15.9 Å². The van der Waals surface area contributed by atoms with E-state index in [0.29, 0.717) is 13.1 Å². The van der Waals surface area contributed by atoms with Gasteiger partial charge in [0.15, 0.2) is 0 Å². The maximum absolute atomic E-state index is 12.4. The zero-order chi connectivity index (χ0) is 17.1. The highest BCUT2D eigenvalue weighted by Crippen LogP contribution is 2.22. The van der Waals surface area contributed by atoms with Gasteiger partial charge in [-0.15, -0.1) is 0 Å². The van der Waals surface area contributed by atoms with Gasteiger partial charge in [-0.1, -0.05) is 45.8 Å². The summed E-state index contributed by atoms with van der Waals surface area (Å²) < 4.78 is 0.959. The summed E-state index contributed by atoms with van der Waals surface area (Å²) in [7, 11) is 0. The minimum absolute atomic E-state index is 0.0338. The Morgan fingerprint density at radius 3 is 2.50 bits per heavy atom. The number of halogens is 1. The van der Waals surface area contributed by atoms with Gasteiger partial charge in [-0.05, 0) is 36.8 Å². The van der Waals surface area contributed by atoms with Gasteiger partial charge in [-0.3, -0.25) is 9.59 Å². The summed E-state index contributed by atoms with van der Waals surface area (Å²) in [6.45, 7) is 3.06. The molecule has 1 aliphatic heterocycles. The maximum atomic E-state index is 12.4. The average molecular weight is 387 g/mol. The molecule has 124 valence electrons. The zero-order valence-electron chi connectivity index (χ0n) is 13.5. The van der Waals surface area contributed by atoms with Crippen molar-refractivity contribution in [2.45, 2.75) is 19.9 Å². The smallest absolute Gasteiger partial charge is 0.229 e. The van der Waals surface area contributed by atoms with Gasteiger partial charge in [0.05, 0.1) is 5.92 Å². The number of anilines is 1. The van der Waals surface area contributed by atoms with E-state index >= 15 is 0 Å². The molecule has 1 N–H and O–H groups in total. The Kier molecular flexibility index (Phi) is 5.00. The standard InChI is InChI=1S/C19H19BrN2O2/c1-13-2-4-14(5-3-13)11-22-12-15(10-18(22)23)19(24)21-17-8-6-16(20)7-9-17/h2-9,15H,10-12H2,1H3,(H,21,24). The van der Waals surface area contributed by atoms with E-state index in [1.165, 1.54) is 5.56 Å². The average Bonchev–Trinajstić information content (AvgIpc) is 2.93. The molecule has 24 heavy (non-hydrogen) atoms. The third kappa shape index (κ3) is 4.03. The monoisotopic (exact) mass is 386 g/mol. The van der Waals surface area contributed by atoms with Gasteiger partial charge >= 0.3 is 0 Å². The Morgan fingerprint density at radius 1 is 1.17 bits per heavy atom. The first-order valence-corrected chi connectivity index (χ1v) is 8.70. The van der Waals surface area contributed by atoms with Gasteiger partial charge < -0.3 is 10.2 Å². The number of nitrogens with zero attached hydrogens (tertiary/aromatic N) is 1. The van der Waals surface area contributed by atoms with Crippen molar-refractivity contribution in [2.75, 3.05) is 11.9 Å². The van der Waals surface area contributed by atoms with Crippen molar-refractivity contribution in [1.29, 1.82) is 0 Å². The van der Waals surface area contributed by atoms with E-state index in [-0.39, 0.29) is 24.2 Å². The van der Waals surface area contributed by atoms with Crippen LogP contribution in [-0.2, 0) is 16.1 Å². The molecule has 0 bridgehead atoms. The molecule has 2 aromatic carbocycles. The van der Waals surface area contributed by atoms with Crippen LogP contribution < -0.4 is 5.32 Å². The molecule has 0 spiro atoms. The predicted molar refractivity (Wildman–Crippen MR) is 97.5 cm³/mol. The fraction of sp³-hybridized carbons (Fsp3) is 0.263. The Balaban J connectivity index is 1.60. The molecule has 0 saturated carbocycles. The number of rotatable bonds is 4. The second-order valence-electron chi connectivity index (χ2n) is 6.16. The normalized spacial score (nSPS) is 17.2. The molecule has 0 aliphatic carbocycles. The lowest BCUT2D eigenvalue weighted by molar-refractivity contribution is -0.128. The van der Waals surface area contributed by atoms with Crippen LogP contribution in [0, 0.1) is 12.8 Å². The number of hydrogen-bond acceptors (Lipinski definition) is 2. The summed E-state index contributed by atoms with van der Waals surface area (Å²) in [5.74, 6) is -0.366. The fourth-order valence-electron chi connectivity index (χ4n) is 2.79. The van der Waals surface area contributed by atoms with Crippen molar-refractivity contribution in [3.8, 4) is 0 Å². The number of aryl methyl sites for hydroxylation is 1. The summed E-state index contributed by atoms with van der Waals surface area (Å²) in [6.07, 6.45) is 0.272. The quantitative estimate of drug-likeness (QED) is 0.869. The molecular weight excluding hydrogens is 368 g/mol. The van der Waals surface area contributed by atoms with Gasteiger partial charge in [0.2, 0.25) is 11.8 Å². The number of benzene rings is 2. The molecule has 1 unspecified atom stereocenters. The van der Waals surface area contributed by atoms with Crippen LogP contribution in [0.15, 0.2) is 53.0 Å². The minimum atomic E-state index is -0.299. The Bertz CT molecular complexity index is 741. The number of likely N-dealkylation sites (tertiary alicyclic amines) is 1. The summed E-state index contributed by atoms with van der Waals surface area (Å²) in [4.78, 5) is 26.3. The van der Waals surface area contributed by atoms with E-state index < -0.39 is 0 Å². The molecule has 1 saturated heterocycles. The Labute approximate surface area is 150 Å². The first-order chi connectivity index (χ1) is 11.5. The molecule has 4 nitrogen and oxygen atoms in total. The highest BCUT2D eigenvalue weighted by Gasteiger charge is 2.34. The van der Waals surface area contributed by atoms with E-state index in [9.17, 15) is 9.59 Å². The molecule has 0 radical (unpaired) electrons. The van der Waals surface area contributed by atoms with Crippen molar-refractivity contribution >= 4 is 33.4 Å². The lowest BCUT2D eigenvalue weighted by atomic mass is 10.1. The SMILES string of the molecule is Cc1ccc(CN2CC(C(=O)Nc3ccc(Br)cc3)CC2=O)cc1. The molecule has 3 rings (SSSR count). The first kappa shape index (κ1) is 16.7. The molecule has 2 aromatic rings. The van der Waals surface area contributed by atoms with E-state index in [2.05, 4.69) is 21.2 Å². The van der Waals surface area contributed by atoms with Crippen molar-refractivity contribution in [2.24, 2.45) is 5.92 Å². The Hall–Kier alpha value is -2.14. The van der Waals surface area contributed by atoms with Gasteiger partial charge in [0, 0.05) is 29.7 Å². The molecule has 2 amide bonds. The van der Waals surface area contributed by atoms with Gasteiger partial charge in [0.25, 0.3) is 0 Å². The molecule has 1 atom stereocenters. The molecule has 0 aromatic heterocycles. The summed E-state index contributed by atoms with van der Waals surface area (Å²) in [6, 6.07) is 15.5. The van der Waals surface area contributed by atoms with Crippen LogP contribution in [0.1, 0.15) is 17.5 Å². The Morgan fingerprint density at radius 2 is 1.83 bits per heavy atom. The summed E-state index contributed by atoms with van der Waals surface area (Å²) >= 11 is 3.37.